The zero-order valence-corrected chi connectivity index (χ0v) is 11.5. The number of ketones is 1. The standard InChI is InChI=1S/C19H18O/c20-19(13-10-15-6-2-1-3-7-15)18-12-11-16-8-4-5-9-17(16)14-18/h1-3,6-7,10-14H,4-5,8-9H2. The van der Waals surface area contributed by atoms with E-state index in [2.05, 4.69) is 12.1 Å². The third-order valence-corrected chi connectivity index (χ3v) is 3.86. The second-order valence-electron chi connectivity index (χ2n) is 5.30. The lowest BCUT2D eigenvalue weighted by Gasteiger charge is -2.15. The van der Waals surface area contributed by atoms with Crippen LogP contribution in [-0.4, -0.2) is 5.78 Å². The Morgan fingerprint density at radius 3 is 2.45 bits per heavy atom. The van der Waals surface area contributed by atoms with Crippen molar-refractivity contribution in [2.45, 2.75) is 25.7 Å². The molecule has 0 aromatic heterocycles. The lowest BCUT2D eigenvalue weighted by Crippen LogP contribution is -2.05. The van der Waals surface area contributed by atoms with Gasteiger partial charge in [-0.3, -0.25) is 4.79 Å². The van der Waals surface area contributed by atoms with Crippen LogP contribution in [0.5, 0.6) is 0 Å². The van der Waals surface area contributed by atoms with Gasteiger partial charge in [-0.25, -0.2) is 0 Å². The monoisotopic (exact) mass is 262 g/mol. The Labute approximate surface area is 120 Å². The van der Waals surface area contributed by atoms with Crippen molar-refractivity contribution in [3.05, 3.63) is 76.9 Å². The predicted molar refractivity (Wildman–Crippen MR) is 82.9 cm³/mol. The van der Waals surface area contributed by atoms with E-state index in [0.717, 1.165) is 24.0 Å². The number of fused-ring (bicyclic) bond motifs is 1. The van der Waals surface area contributed by atoms with Crippen LogP contribution in [0, 0.1) is 0 Å². The van der Waals surface area contributed by atoms with E-state index in [1.807, 2.05) is 42.5 Å². The second kappa shape index (κ2) is 5.87. The van der Waals surface area contributed by atoms with Crippen LogP contribution in [0.15, 0.2) is 54.6 Å². The van der Waals surface area contributed by atoms with Crippen molar-refractivity contribution in [2.75, 3.05) is 0 Å². The highest BCUT2D eigenvalue weighted by Crippen LogP contribution is 2.22. The summed E-state index contributed by atoms with van der Waals surface area (Å²) in [7, 11) is 0. The van der Waals surface area contributed by atoms with Crippen molar-refractivity contribution in [2.24, 2.45) is 0 Å². The molecule has 0 bridgehead atoms. The number of carbonyl (C=O) groups is 1. The summed E-state index contributed by atoms with van der Waals surface area (Å²) < 4.78 is 0. The summed E-state index contributed by atoms with van der Waals surface area (Å²) in [5, 5.41) is 0. The summed E-state index contributed by atoms with van der Waals surface area (Å²) in [6.45, 7) is 0. The van der Waals surface area contributed by atoms with Crippen LogP contribution >= 0.6 is 0 Å². The molecule has 0 heterocycles. The van der Waals surface area contributed by atoms with Gasteiger partial charge in [0.1, 0.15) is 0 Å². The fraction of sp³-hybridized carbons (Fsp3) is 0.211. The van der Waals surface area contributed by atoms with Gasteiger partial charge in [0.2, 0.25) is 0 Å². The molecule has 20 heavy (non-hydrogen) atoms. The SMILES string of the molecule is O=C(C=Cc1ccccc1)c1ccc2c(c1)CCCC2. The van der Waals surface area contributed by atoms with Crippen LogP contribution < -0.4 is 0 Å². The maximum atomic E-state index is 12.2. The third kappa shape index (κ3) is 2.88. The van der Waals surface area contributed by atoms with Crippen molar-refractivity contribution in [3.8, 4) is 0 Å². The van der Waals surface area contributed by atoms with Gasteiger partial charge >= 0.3 is 0 Å². The van der Waals surface area contributed by atoms with Crippen LogP contribution in [0.25, 0.3) is 6.08 Å². The lowest BCUT2D eigenvalue weighted by atomic mass is 9.90. The van der Waals surface area contributed by atoms with E-state index in [1.54, 1.807) is 6.08 Å². The van der Waals surface area contributed by atoms with Gasteiger partial charge < -0.3 is 0 Å². The number of allylic oxidation sites excluding steroid dienone is 1. The first kappa shape index (κ1) is 12.9. The minimum atomic E-state index is 0.0854. The van der Waals surface area contributed by atoms with Gasteiger partial charge in [0, 0.05) is 5.56 Å². The highest BCUT2D eigenvalue weighted by Gasteiger charge is 2.11. The molecule has 0 saturated carbocycles. The van der Waals surface area contributed by atoms with Crippen molar-refractivity contribution in [3.63, 3.8) is 0 Å². The maximum Gasteiger partial charge on any atom is 0.185 e. The Balaban J connectivity index is 1.79. The van der Waals surface area contributed by atoms with Crippen LogP contribution in [0.3, 0.4) is 0 Å². The fourth-order valence-corrected chi connectivity index (χ4v) is 2.72. The molecule has 2 aromatic carbocycles. The Morgan fingerprint density at radius 2 is 1.65 bits per heavy atom. The average molecular weight is 262 g/mol. The Hall–Kier alpha value is -2.15. The molecule has 0 amide bonds. The number of benzene rings is 2. The summed E-state index contributed by atoms with van der Waals surface area (Å²) in [5.74, 6) is 0.0854. The molecule has 0 unspecified atom stereocenters. The van der Waals surface area contributed by atoms with Crippen LogP contribution in [0.2, 0.25) is 0 Å². The Morgan fingerprint density at radius 1 is 0.900 bits per heavy atom. The Bertz CT molecular complexity index is 638. The first-order valence-electron chi connectivity index (χ1n) is 7.22. The molecule has 0 saturated heterocycles. The molecule has 1 aliphatic carbocycles. The summed E-state index contributed by atoms with van der Waals surface area (Å²) in [4.78, 5) is 12.2. The van der Waals surface area contributed by atoms with E-state index in [1.165, 1.54) is 24.0 Å². The topological polar surface area (TPSA) is 17.1 Å². The third-order valence-electron chi connectivity index (χ3n) is 3.86. The number of carbonyl (C=O) groups excluding carboxylic acids is 1. The fourth-order valence-electron chi connectivity index (χ4n) is 2.72. The molecular weight excluding hydrogens is 244 g/mol. The Kier molecular flexibility index (Phi) is 3.78. The maximum absolute atomic E-state index is 12.2. The molecular formula is C19H18O. The van der Waals surface area contributed by atoms with Crippen molar-refractivity contribution in [1.82, 2.24) is 0 Å². The molecule has 3 rings (SSSR count). The van der Waals surface area contributed by atoms with E-state index in [9.17, 15) is 4.79 Å². The summed E-state index contributed by atoms with van der Waals surface area (Å²) in [6.07, 6.45) is 8.32. The van der Waals surface area contributed by atoms with Gasteiger partial charge in [0.05, 0.1) is 0 Å². The zero-order valence-electron chi connectivity index (χ0n) is 11.5. The summed E-state index contributed by atoms with van der Waals surface area (Å²) in [6, 6.07) is 16.1. The van der Waals surface area contributed by atoms with Gasteiger partial charge in [-0.2, -0.15) is 0 Å². The molecule has 0 spiro atoms. The predicted octanol–water partition coefficient (Wildman–Crippen LogP) is 4.46. The van der Waals surface area contributed by atoms with E-state index < -0.39 is 0 Å². The number of hydrogen-bond acceptors (Lipinski definition) is 1. The summed E-state index contributed by atoms with van der Waals surface area (Å²) in [5.41, 5.74) is 4.63. The molecule has 1 aliphatic rings. The smallest absolute Gasteiger partial charge is 0.185 e. The van der Waals surface area contributed by atoms with Crippen molar-refractivity contribution < 1.29 is 4.79 Å². The number of aryl methyl sites for hydroxylation is 2. The van der Waals surface area contributed by atoms with Crippen molar-refractivity contribution >= 4 is 11.9 Å². The minimum Gasteiger partial charge on any atom is -0.289 e. The largest absolute Gasteiger partial charge is 0.289 e. The molecule has 0 fully saturated rings. The van der Waals surface area contributed by atoms with Crippen molar-refractivity contribution in [1.29, 1.82) is 0 Å². The van der Waals surface area contributed by atoms with Crippen LogP contribution in [0.1, 0.15) is 39.9 Å². The minimum absolute atomic E-state index is 0.0854. The molecule has 0 atom stereocenters. The van der Waals surface area contributed by atoms with Gasteiger partial charge in [0.25, 0.3) is 0 Å². The molecule has 1 nitrogen and oxygen atoms in total. The van der Waals surface area contributed by atoms with Gasteiger partial charge in [0.15, 0.2) is 5.78 Å². The molecule has 2 aromatic rings. The van der Waals surface area contributed by atoms with Crippen LogP contribution in [0.4, 0.5) is 0 Å². The van der Waals surface area contributed by atoms with E-state index >= 15 is 0 Å². The molecule has 100 valence electrons. The lowest BCUT2D eigenvalue weighted by molar-refractivity contribution is 0.104. The number of hydrogen-bond donors (Lipinski definition) is 0. The molecule has 0 N–H and O–H groups in total. The van der Waals surface area contributed by atoms with E-state index in [-0.39, 0.29) is 5.78 Å². The van der Waals surface area contributed by atoms with Crippen LogP contribution in [-0.2, 0) is 12.8 Å². The second-order valence-corrected chi connectivity index (χ2v) is 5.30. The van der Waals surface area contributed by atoms with E-state index in [0.29, 0.717) is 0 Å². The molecule has 1 heteroatoms. The number of rotatable bonds is 3. The van der Waals surface area contributed by atoms with E-state index in [4.69, 9.17) is 0 Å². The first-order valence-corrected chi connectivity index (χ1v) is 7.22. The molecule has 0 aliphatic heterocycles. The average Bonchev–Trinajstić information content (AvgIpc) is 2.53. The quantitative estimate of drug-likeness (QED) is 0.589. The highest BCUT2D eigenvalue weighted by atomic mass is 16.1. The van der Waals surface area contributed by atoms with Gasteiger partial charge in [-0.1, -0.05) is 48.5 Å². The van der Waals surface area contributed by atoms with Gasteiger partial charge in [-0.05, 0) is 54.5 Å². The summed E-state index contributed by atoms with van der Waals surface area (Å²) >= 11 is 0. The van der Waals surface area contributed by atoms with Gasteiger partial charge in [-0.15, -0.1) is 0 Å². The molecule has 0 radical (unpaired) electrons. The first-order chi connectivity index (χ1) is 9.83. The highest BCUT2D eigenvalue weighted by molar-refractivity contribution is 6.06. The zero-order chi connectivity index (χ0) is 13.8. The normalized spacial score (nSPS) is 14.2.